The average Bonchev–Trinajstić information content (AvgIpc) is 2.20. The van der Waals surface area contributed by atoms with Crippen molar-refractivity contribution in [2.75, 3.05) is 5.73 Å². The highest BCUT2D eigenvalue weighted by molar-refractivity contribution is 9.10. The number of nitrogens with two attached hydrogens (primary N) is 1. The van der Waals surface area contributed by atoms with Crippen LogP contribution in [0.3, 0.4) is 0 Å². The molecule has 1 aromatic rings. The Labute approximate surface area is 113 Å². The van der Waals surface area contributed by atoms with Crippen LogP contribution in [0.15, 0.2) is 12.1 Å². The summed E-state index contributed by atoms with van der Waals surface area (Å²) in [4.78, 5) is -4.80. The van der Waals surface area contributed by atoms with Crippen molar-refractivity contribution >= 4 is 21.6 Å². The number of alkyl halides is 7. The predicted octanol–water partition coefficient (Wildman–Crippen LogP) is 4.60. The zero-order chi connectivity index (χ0) is 15.2. The molecule has 0 aliphatic rings. The minimum absolute atomic E-state index is 0.0954. The molecule has 19 heavy (non-hydrogen) atoms. The van der Waals surface area contributed by atoms with Gasteiger partial charge in [0.25, 0.3) is 0 Å². The van der Waals surface area contributed by atoms with E-state index in [0.29, 0.717) is 12.1 Å². The Hall–Kier alpha value is -0.920. The van der Waals surface area contributed by atoms with Gasteiger partial charge in [-0.05, 0) is 40.9 Å². The number of aryl methyl sites for hydroxylation is 2. The van der Waals surface area contributed by atoms with Crippen LogP contribution in [0.1, 0.15) is 16.7 Å². The lowest BCUT2D eigenvalue weighted by Gasteiger charge is -2.32. The maximum atomic E-state index is 14.1. The van der Waals surface area contributed by atoms with Crippen LogP contribution in [-0.4, -0.2) is 11.0 Å². The lowest BCUT2D eigenvalue weighted by atomic mass is 9.91. The van der Waals surface area contributed by atoms with Crippen LogP contribution in [0, 0.1) is 13.8 Å². The molecule has 1 atom stereocenters. The van der Waals surface area contributed by atoms with Gasteiger partial charge in [-0.15, -0.1) is 0 Å². The standard InChI is InChI=1S/C11H10BrF6N/c1-5-3-7(4-6(2)8(5)19)9(13,10(12,14)15)11(16,17)18/h3-4H,19H2,1-2H3. The highest BCUT2D eigenvalue weighted by atomic mass is 79.9. The van der Waals surface area contributed by atoms with Crippen LogP contribution in [0.4, 0.5) is 32.0 Å². The number of nitrogen functional groups attached to an aromatic ring is 1. The van der Waals surface area contributed by atoms with Crippen LogP contribution in [0.25, 0.3) is 0 Å². The van der Waals surface area contributed by atoms with Gasteiger partial charge in [0, 0.05) is 11.3 Å². The molecule has 2 N–H and O–H groups in total. The third-order valence-corrected chi connectivity index (χ3v) is 3.32. The molecule has 8 heteroatoms. The van der Waals surface area contributed by atoms with Crippen molar-refractivity contribution in [3.05, 3.63) is 28.8 Å². The van der Waals surface area contributed by atoms with Crippen molar-refractivity contribution in [1.82, 2.24) is 0 Å². The Balaban J connectivity index is 3.62. The SMILES string of the molecule is Cc1cc(C(F)(C(F)(F)F)C(F)(F)Br)cc(C)c1N. The summed E-state index contributed by atoms with van der Waals surface area (Å²) in [5.74, 6) is 0. The molecule has 0 spiro atoms. The first-order valence-electron chi connectivity index (χ1n) is 5.02. The van der Waals surface area contributed by atoms with Crippen molar-refractivity contribution in [3.8, 4) is 0 Å². The predicted molar refractivity (Wildman–Crippen MR) is 63.0 cm³/mol. The summed E-state index contributed by atoms with van der Waals surface area (Å²) in [7, 11) is 0. The Morgan fingerprint density at radius 2 is 1.32 bits per heavy atom. The van der Waals surface area contributed by atoms with E-state index in [0.717, 1.165) is 0 Å². The van der Waals surface area contributed by atoms with E-state index >= 15 is 0 Å². The van der Waals surface area contributed by atoms with Crippen molar-refractivity contribution in [2.45, 2.75) is 30.5 Å². The molecule has 0 saturated heterocycles. The van der Waals surface area contributed by atoms with E-state index in [1.54, 1.807) is 0 Å². The van der Waals surface area contributed by atoms with E-state index in [9.17, 15) is 26.3 Å². The number of rotatable bonds is 2. The molecule has 1 aromatic carbocycles. The average molecular weight is 350 g/mol. The summed E-state index contributed by atoms with van der Waals surface area (Å²) in [6, 6.07) is 1.34. The summed E-state index contributed by atoms with van der Waals surface area (Å²) in [5, 5.41) is 0. The van der Waals surface area contributed by atoms with Gasteiger partial charge < -0.3 is 5.73 Å². The number of benzene rings is 1. The second-order valence-electron chi connectivity index (χ2n) is 4.18. The van der Waals surface area contributed by atoms with Gasteiger partial charge in [-0.25, -0.2) is 4.39 Å². The van der Waals surface area contributed by atoms with Crippen LogP contribution in [0.5, 0.6) is 0 Å². The maximum Gasteiger partial charge on any atom is 0.433 e. The summed E-state index contributed by atoms with van der Waals surface area (Å²) >= 11 is 1.48. The fourth-order valence-corrected chi connectivity index (χ4v) is 2.12. The van der Waals surface area contributed by atoms with Gasteiger partial charge in [0.15, 0.2) is 0 Å². The smallest absolute Gasteiger partial charge is 0.398 e. The Morgan fingerprint density at radius 1 is 0.947 bits per heavy atom. The molecule has 0 fully saturated rings. The van der Waals surface area contributed by atoms with Crippen molar-refractivity contribution in [1.29, 1.82) is 0 Å². The lowest BCUT2D eigenvalue weighted by Crippen LogP contribution is -2.49. The fraction of sp³-hybridized carbons (Fsp3) is 0.455. The van der Waals surface area contributed by atoms with Gasteiger partial charge in [-0.1, -0.05) is 12.1 Å². The van der Waals surface area contributed by atoms with Gasteiger partial charge in [-0.3, -0.25) is 0 Å². The van der Waals surface area contributed by atoms with Gasteiger partial charge >= 0.3 is 16.7 Å². The van der Waals surface area contributed by atoms with E-state index in [4.69, 9.17) is 5.73 Å². The van der Waals surface area contributed by atoms with Crippen LogP contribution >= 0.6 is 15.9 Å². The molecular formula is C11H10BrF6N. The Kier molecular flexibility index (Phi) is 3.88. The third-order valence-electron chi connectivity index (χ3n) is 2.77. The molecule has 0 aromatic heterocycles. The van der Waals surface area contributed by atoms with E-state index in [1.165, 1.54) is 29.8 Å². The van der Waals surface area contributed by atoms with Crippen molar-refractivity contribution in [3.63, 3.8) is 0 Å². The fourth-order valence-electron chi connectivity index (χ4n) is 1.66. The molecule has 0 radical (unpaired) electrons. The van der Waals surface area contributed by atoms with Gasteiger partial charge in [-0.2, -0.15) is 22.0 Å². The first-order valence-corrected chi connectivity index (χ1v) is 5.81. The summed E-state index contributed by atoms with van der Waals surface area (Å²) in [6.07, 6.45) is -5.78. The second kappa shape index (κ2) is 4.57. The number of hydrogen-bond donors (Lipinski definition) is 1. The third kappa shape index (κ3) is 2.54. The quantitative estimate of drug-likeness (QED) is 0.471. The molecule has 0 bridgehead atoms. The lowest BCUT2D eigenvalue weighted by molar-refractivity contribution is -0.282. The van der Waals surface area contributed by atoms with E-state index in [-0.39, 0.29) is 16.8 Å². The first kappa shape index (κ1) is 16.1. The molecule has 0 amide bonds. The first-order chi connectivity index (χ1) is 8.32. The molecular weight excluding hydrogens is 340 g/mol. The molecule has 1 rings (SSSR count). The van der Waals surface area contributed by atoms with E-state index in [2.05, 4.69) is 0 Å². The summed E-state index contributed by atoms with van der Waals surface area (Å²) in [5.41, 5.74) is -0.188. The maximum absolute atomic E-state index is 14.1. The largest absolute Gasteiger partial charge is 0.433 e. The van der Waals surface area contributed by atoms with E-state index < -0.39 is 22.2 Å². The summed E-state index contributed by atoms with van der Waals surface area (Å²) < 4.78 is 78.5. The van der Waals surface area contributed by atoms with Crippen LogP contribution < -0.4 is 5.73 Å². The summed E-state index contributed by atoms with van der Waals surface area (Å²) in [6.45, 7) is 2.63. The molecule has 0 heterocycles. The highest BCUT2D eigenvalue weighted by Gasteiger charge is 2.71. The zero-order valence-corrected chi connectivity index (χ0v) is 11.5. The van der Waals surface area contributed by atoms with Gasteiger partial charge in [0.2, 0.25) is 0 Å². The van der Waals surface area contributed by atoms with Crippen LogP contribution in [0.2, 0.25) is 0 Å². The molecule has 1 unspecified atom stereocenters. The van der Waals surface area contributed by atoms with Gasteiger partial charge in [0.05, 0.1) is 0 Å². The molecule has 0 saturated carbocycles. The number of hydrogen-bond acceptors (Lipinski definition) is 1. The van der Waals surface area contributed by atoms with Gasteiger partial charge in [0.1, 0.15) is 0 Å². The van der Waals surface area contributed by atoms with Crippen molar-refractivity contribution in [2.24, 2.45) is 0 Å². The van der Waals surface area contributed by atoms with E-state index in [1.807, 2.05) is 0 Å². The minimum atomic E-state index is -5.78. The Morgan fingerprint density at radius 3 is 1.58 bits per heavy atom. The second-order valence-corrected chi connectivity index (χ2v) is 5.17. The zero-order valence-electron chi connectivity index (χ0n) is 9.88. The molecule has 108 valence electrons. The normalized spacial score (nSPS) is 16.3. The monoisotopic (exact) mass is 349 g/mol. The highest BCUT2D eigenvalue weighted by Crippen LogP contribution is 2.55. The molecule has 1 nitrogen and oxygen atoms in total. The van der Waals surface area contributed by atoms with Crippen molar-refractivity contribution < 1.29 is 26.3 Å². The number of halogens is 7. The Bertz CT molecular complexity index is 454. The molecule has 0 aliphatic heterocycles. The topological polar surface area (TPSA) is 26.0 Å². The minimum Gasteiger partial charge on any atom is -0.398 e. The number of anilines is 1. The van der Waals surface area contributed by atoms with Crippen LogP contribution in [-0.2, 0) is 5.67 Å². The molecule has 0 aliphatic carbocycles.